The Hall–Kier alpha value is -3.83. The first-order valence-electron chi connectivity index (χ1n) is 12.2. The number of furan rings is 1. The third kappa shape index (κ3) is 5.31. The molecule has 5 heteroatoms. The molecular formula is C30H30N2O3. The summed E-state index contributed by atoms with van der Waals surface area (Å²) in [6.45, 7) is 4.59. The van der Waals surface area contributed by atoms with Crippen molar-refractivity contribution in [2.45, 2.75) is 32.5 Å². The number of hydrogen-bond donors (Lipinski definition) is 1. The second kappa shape index (κ2) is 10.6. The van der Waals surface area contributed by atoms with Crippen molar-refractivity contribution in [2.24, 2.45) is 0 Å². The highest BCUT2D eigenvalue weighted by Crippen LogP contribution is 2.38. The van der Waals surface area contributed by atoms with Gasteiger partial charge in [-0.2, -0.15) is 0 Å². The van der Waals surface area contributed by atoms with Gasteiger partial charge in [0.2, 0.25) is 0 Å². The zero-order valence-corrected chi connectivity index (χ0v) is 19.9. The molecule has 1 N–H and O–H groups in total. The van der Waals surface area contributed by atoms with Crippen molar-refractivity contribution in [3.63, 3.8) is 0 Å². The highest BCUT2D eigenvalue weighted by Gasteiger charge is 2.29. The number of ether oxygens (including phenoxy) is 1. The summed E-state index contributed by atoms with van der Waals surface area (Å²) in [5.74, 6) is 1.50. The summed E-state index contributed by atoms with van der Waals surface area (Å²) in [5.41, 5.74) is 5.22. The Morgan fingerprint density at radius 3 is 2.54 bits per heavy atom. The molecule has 0 bridgehead atoms. The summed E-state index contributed by atoms with van der Waals surface area (Å²) in [6, 6.07) is 31.3. The van der Waals surface area contributed by atoms with E-state index >= 15 is 0 Å². The molecule has 0 fully saturated rings. The minimum atomic E-state index is -0.211. The Labute approximate surface area is 206 Å². The maximum Gasteiger partial charge on any atom is 0.286 e. The van der Waals surface area contributed by atoms with Crippen LogP contribution in [0.4, 0.5) is 0 Å². The number of rotatable bonds is 8. The van der Waals surface area contributed by atoms with Crippen molar-refractivity contribution in [2.75, 3.05) is 13.1 Å². The van der Waals surface area contributed by atoms with Crippen LogP contribution in [0.15, 0.2) is 95.4 Å². The van der Waals surface area contributed by atoms with Crippen molar-refractivity contribution in [3.8, 4) is 5.75 Å². The zero-order chi connectivity index (χ0) is 24.0. The van der Waals surface area contributed by atoms with E-state index in [1.165, 1.54) is 22.3 Å². The summed E-state index contributed by atoms with van der Waals surface area (Å²) in [7, 11) is 0. The van der Waals surface area contributed by atoms with Gasteiger partial charge in [-0.15, -0.1) is 0 Å². The second-order valence-corrected chi connectivity index (χ2v) is 8.79. The fourth-order valence-corrected chi connectivity index (χ4v) is 4.73. The standard InChI is InChI=1S/C30H30N2O3/c1-2-31-30(33)28-16-15-26(35-28)21-34-25-14-13-23-17-18-32(20-22-9-5-3-6-10-22)29(27(23)19-25)24-11-7-4-8-12-24/h3-16,19,29H,2,17-18,20-21H2,1H3,(H,31,33)/t29-/m1/s1. The third-order valence-corrected chi connectivity index (χ3v) is 6.39. The van der Waals surface area contributed by atoms with Crippen LogP contribution in [0.3, 0.4) is 0 Å². The maximum absolute atomic E-state index is 12.0. The molecule has 0 aliphatic carbocycles. The van der Waals surface area contributed by atoms with Gasteiger partial charge in [0.25, 0.3) is 5.91 Å². The van der Waals surface area contributed by atoms with Crippen LogP contribution in [0.2, 0.25) is 0 Å². The summed E-state index contributed by atoms with van der Waals surface area (Å²) in [4.78, 5) is 14.5. The molecule has 1 aliphatic rings. The number of amides is 1. The number of benzene rings is 3. The van der Waals surface area contributed by atoms with Crippen LogP contribution >= 0.6 is 0 Å². The molecule has 1 aromatic heterocycles. The molecule has 3 aromatic carbocycles. The van der Waals surface area contributed by atoms with Crippen LogP contribution in [-0.2, 0) is 19.6 Å². The van der Waals surface area contributed by atoms with Crippen LogP contribution in [-0.4, -0.2) is 23.9 Å². The van der Waals surface area contributed by atoms with E-state index in [9.17, 15) is 4.79 Å². The third-order valence-electron chi connectivity index (χ3n) is 6.39. The van der Waals surface area contributed by atoms with Crippen LogP contribution in [0, 0.1) is 0 Å². The average molecular weight is 467 g/mol. The molecule has 1 aliphatic heterocycles. The number of nitrogens with zero attached hydrogens (tertiary/aromatic N) is 1. The van der Waals surface area contributed by atoms with Crippen molar-refractivity contribution in [1.82, 2.24) is 10.2 Å². The van der Waals surface area contributed by atoms with Gasteiger partial charge in [0.05, 0.1) is 6.04 Å². The van der Waals surface area contributed by atoms with E-state index in [2.05, 4.69) is 83.0 Å². The van der Waals surface area contributed by atoms with E-state index in [1.54, 1.807) is 12.1 Å². The Bertz CT molecular complexity index is 1270. The smallest absolute Gasteiger partial charge is 0.286 e. The predicted octanol–water partition coefficient (Wildman–Crippen LogP) is 5.76. The first-order valence-corrected chi connectivity index (χ1v) is 12.2. The molecule has 0 saturated heterocycles. The van der Waals surface area contributed by atoms with Crippen molar-refractivity contribution in [1.29, 1.82) is 0 Å². The average Bonchev–Trinajstić information content (AvgIpc) is 3.38. The van der Waals surface area contributed by atoms with Gasteiger partial charge in [-0.1, -0.05) is 66.7 Å². The molecule has 2 heterocycles. The quantitative estimate of drug-likeness (QED) is 0.359. The van der Waals surface area contributed by atoms with Gasteiger partial charge in [0.1, 0.15) is 18.1 Å². The predicted molar refractivity (Wildman–Crippen MR) is 136 cm³/mol. The van der Waals surface area contributed by atoms with Gasteiger partial charge < -0.3 is 14.5 Å². The van der Waals surface area contributed by atoms with Crippen molar-refractivity contribution in [3.05, 3.63) is 125 Å². The molecule has 4 aromatic rings. The normalized spacial score (nSPS) is 15.4. The highest BCUT2D eigenvalue weighted by molar-refractivity contribution is 5.91. The molecule has 5 nitrogen and oxygen atoms in total. The first-order chi connectivity index (χ1) is 17.2. The van der Waals surface area contributed by atoms with E-state index < -0.39 is 0 Å². The molecule has 0 unspecified atom stereocenters. The number of nitrogens with one attached hydrogen (secondary N) is 1. The van der Waals surface area contributed by atoms with Gasteiger partial charge in [-0.3, -0.25) is 9.69 Å². The summed E-state index contributed by atoms with van der Waals surface area (Å²) in [5, 5.41) is 2.75. The molecule has 1 amide bonds. The number of carbonyl (C=O) groups is 1. The van der Waals surface area contributed by atoms with Gasteiger partial charge in [-0.05, 0) is 59.9 Å². The molecule has 0 spiro atoms. The Kier molecular flexibility index (Phi) is 6.96. The molecule has 35 heavy (non-hydrogen) atoms. The van der Waals surface area contributed by atoms with Crippen LogP contribution < -0.4 is 10.1 Å². The van der Waals surface area contributed by atoms with E-state index in [0.717, 1.165) is 25.3 Å². The van der Waals surface area contributed by atoms with E-state index in [4.69, 9.17) is 9.15 Å². The van der Waals surface area contributed by atoms with Gasteiger partial charge in [0, 0.05) is 19.6 Å². The molecule has 5 rings (SSSR count). The fourth-order valence-electron chi connectivity index (χ4n) is 4.73. The van der Waals surface area contributed by atoms with Crippen LogP contribution in [0.25, 0.3) is 0 Å². The first kappa shape index (κ1) is 22.9. The maximum atomic E-state index is 12.0. The van der Waals surface area contributed by atoms with Crippen molar-refractivity contribution >= 4 is 5.91 Å². The van der Waals surface area contributed by atoms with Crippen molar-refractivity contribution < 1.29 is 13.9 Å². The van der Waals surface area contributed by atoms with Gasteiger partial charge in [0.15, 0.2) is 5.76 Å². The molecule has 0 saturated carbocycles. The summed E-state index contributed by atoms with van der Waals surface area (Å²) >= 11 is 0. The lowest BCUT2D eigenvalue weighted by Crippen LogP contribution is -2.35. The van der Waals surface area contributed by atoms with E-state index in [1.807, 2.05) is 13.0 Å². The molecule has 0 radical (unpaired) electrons. The second-order valence-electron chi connectivity index (χ2n) is 8.79. The number of fused-ring (bicyclic) bond motifs is 1. The van der Waals surface area contributed by atoms with E-state index in [-0.39, 0.29) is 18.6 Å². The molecule has 178 valence electrons. The number of carbonyl (C=O) groups excluding carboxylic acids is 1. The lowest BCUT2D eigenvalue weighted by atomic mass is 9.87. The van der Waals surface area contributed by atoms with Gasteiger partial charge >= 0.3 is 0 Å². The SMILES string of the molecule is CCNC(=O)c1ccc(COc2ccc3c(c2)[C@@H](c2ccccc2)N(Cc2ccccc2)CC3)o1. The molecular weight excluding hydrogens is 436 g/mol. The summed E-state index contributed by atoms with van der Waals surface area (Å²) in [6.07, 6.45) is 1.000. The van der Waals surface area contributed by atoms with Crippen LogP contribution in [0.1, 0.15) is 51.5 Å². The van der Waals surface area contributed by atoms with Crippen LogP contribution in [0.5, 0.6) is 5.75 Å². The lowest BCUT2D eigenvalue weighted by molar-refractivity contribution is 0.0924. The topological polar surface area (TPSA) is 54.7 Å². The minimum Gasteiger partial charge on any atom is -0.486 e. The largest absolute Gasteiger partial charge is 0.486 e. The highest BCUT2D eigenvalue weighted by atomic mass is 16.5. The fraction of sp³-hybridized carbons (Fsp3) is 0.233. The minimum absolute atomic E-state index is 0.150. The lowest BCUT2D eigenvalue weighted by Gasteiger charge is -2.38. The Morgan fingerprint density at radius 2 is 1.77 bits per heavy atom. The number of hydrogen-bond acceptors (Lipinski definition) is 4. The Morgan fingerprint density at radius 1 is 1.00 bits per heavy atom. The molecule has 1 atom stereocenters. The Balaban J connectivity index is 1.39. The summed E-state index contributed by atoms with van der Waals surface area (Å²) < 4.78 is 11.8. The van der Waals surface area contributed by atoms with E-state index in [0.29, 0.717) is 18.1 Å². The monoisotopic (exact) mass is 466 g/mol. The van der Waals surface area contributed by atoms with Gasteiger partial charge in [-0.25, -0.2) is 0 Å². The zero-order valence-electron chi connectivity index (χ0n) is 19.9.